The highest BCUT2D eigenvalue weighted by Gasteiger charge is 2.14. The molecule has 1 heterocycles. The van der Waals surface area contributed by atoms with Crippen molar-refractivity contribution in [2.45, 2.75) is 39.0 Å². The molecule has 0 aliphatic heterocycles. The van der Waals surface area contributed by atoms with Crippen LogP contribution in [0.3, 0.4) is 0 Å². The van der Waals surface area contributed by atoms with Crippen LogP contribution in [0.15, 0.2) is 0 Å². The third-order valence-electron chi connectivity index (χ3n) is 2.25. The van der Waals surface area contributed by atoms with Gasteiger partial charge in [-0.1, -0.05) is 17.8 Å². The SMILES string of the molecule is CCCc1nnsc1C(=O)NCCCCC#N. The second-order valence-electron chi connectivity index (χ2n) is 3.67. The molecule has 0 radical (unpaired) electrons. The lowest BCUT2D eigenvalue weighted by Gasteiger charge is -2.02. The molecule has 6 heteroatoms. The molecule has 1 amide bonds. The number of aryl methyl sites for hydroxylation is 1. The number of rotatable bonds is 7. The van der Waals surface area contributed by atoms with E-state index in [1.165, 1.54) is 0 Å². The first-order valence-corrected chi connectivity index (χ1v) is 6.53. The van der Waals surface area contributed by atoms with Gasteiger partial charge in [0.15, 0.2) is 0 Å². The molecule has 0 aliphatic carbocycles. The summed E-state index contributed by atoms with van der Waals surface area (Å²) in [5.74, 6) is -0.0968. The summed E-state index contributed by atoms with van der Waals surface area (Å²) in [6, 6.07) is 2.08. The fraction of sp³-hybridized carbons (Fsp3) is 0.636. The van der Waals surface area contributed by atoms with Crippen molar-refractivity contribution in [3.8, 4) is 6.07 Å². The van der Waals surface area contributed by atoms with Gasteiger partial charge in [0.2, 0.25) is 0 Å². The summed E-state index contributed by atoms with van der Waals surface area (Å²) in [4.78, 5) is 12.4. The summed E-state index contributed by atoms with van der Waals surface area (Å²) in [6.45, 7) is 2.65. The fourth-order valence-corrected chi connectivity index (χ4v) is 2.02. The van der Waals surface area contributed by atoms with Gasteiger partial charge in [-0.25, -0.2) is 0 Å². The molecule has 1 rings (SSSR count). The van der Waals surface area contributed by atoms with Crippen molar-refractivity contribution in [3.63, 3.8) is 0 Å². The van der Waals surface area contributed by atoms with E-state index < -0.39 is 0 Å². The maximum Gasteiger partial charge on any atom is 0.264 e. The maximum atomic E-state index is 11.8. The van der Waals surface area contributed by atoms with Crippen molar-refractivity contribution in [1.82, 2.24) is 14.9 Å². The zero-order valence-corrected chi connectivity index (χ0v) is 10.7. The van der Waals surface area contributed by atoms with Crippen molar-refractivity contribution < 1.29 is 4.79 Å². The second-order valence-corrected chi connectivity index (χ2v) is 4.42. The number of hydrogen-bond donors (Lipinski definition) is 1. The summed E-state index contributed by atoms with van der Waals surface area (Å²) in [5.41, 5.74) is 0.784. The topological polar surface area (TPSA) is 78.7 Å². The van der Waals surface area contributed by atoms with Gasteiger partial charge in [0.05, 0.1) is 11.8 Å². The molecule has 92 valence electrons. The molecule has 1 aromatic heterocycles. The van der Waals surface area contributed by atoms with Crippen LogP contribution in [-0.2, 0) is 6.42 Å². The van der Waals surface area contributed by atoms with Crippen molar-refractivity contribution in [2.24, 2.45) is 0 Å². The molecule has 0 aromatic carbocycles. The summed E-state index contributed by atoms with van der Waals surface area (Å²) >= 11 is 1.14. The summed E-state index contributed by atoms with van der Waals surface area (Å²) in [6.07, 6.45) is 3.93. The lowest BCUT2D eigenvalue weighted by Crippen LogP contribution is -2.24. The molecule has 0 saturated carbocycles. The minimum absolute atomic E-state index is 0.0968. The van der Waals surface area contributed by atoms with E-state index in [0.29, 0.717) is 17.8 Å². The second kappa shape index (κ2) is 7.74. The standard InChI is InChI=1S/C11H16N4OS/c1-2-6-9-10(17-15-14-9)11(16)13-8-5-3-4-7-12/h2-6,8H2,1H3,(H,13,16). The number of unbranched alkanes of at least 4 members (excludes halogenated alkanes) is 2. The van der Waals surface area contributed by atoms with Gasteiger partial charge in [-0.2, -0.15) is 5.26 Å². The van der Waals surface area contributed by atoms with Crippen molar-refractivity contribution in [2.75, 3.05) is 6.54 Å². The number of carbonyl (C=O) groups excluding carboxylic acids is 1. The van der Waals surface area contributed by atoms with Gasteiger partial charge in [0.25, 0.3) is 5.91 Å². The summed E-state index contributed by atoms with van der Waals surface area (Å²) < 4.78 is 3.81. The maximum absolute atomic E-state index is 11.8. The number of nitrogens with zero attached hydrogens (tertiary/aromatic N) is 3. The van der Waals surface area contributed by atoms with Crippen LogP contribution < -0.4 is 5.32 Å². The predicted octanol–water partition coefficient (Wildman–Crippen LogP) is 1.91. The van der Waals surface area contributed by atoms with E-state index >= 15 is 0 Å². The Balaban J connectivity index is 2.36. The fourth-order valence-electron chi connectivity index (χ4n) is 1.39. The molecule has 1 N–H and O–H groups in total. The highest BCUT2D eigenvalue weighted by Crippen LogP contribution is 2.12. The van der Waals surface area contributed by atoms with E-state index in [-0.39, 0.29) is 5.91 Å². The Bertz CT molecular complexity index is 396. The van der Waals surface area contributed by atoms with Gasteiger partial charge in [-0.05, 0) is 30.8 Å². The number of nitrogens with one attached hydrogen (secondary N) is 1. The first-order valence-electron chi connectivity index (χ1n) is 5.76. The Kier molecular flexibility index (Phi) is 6.18. The van der Waals surface area contributed by atoms with E-state index in [1.54, 1.807) is 0 Å². The van der Waals surface area contributed by atoms with Crippen molar-refractivity contribution >= 4 is 17.4 Å². The molecule has 0 bridgehead atoms. The minimum Gasteiger partial charge on any atom is -0.351 e. The van der Waals surface area contributed by atoms with E-state index in [4.69, 9.17) is 5.26 Å². The van der Waals surface area contributed by atoms with Gasteiger partial charge in [-0.15, -0.1) is 5.10 Å². The molecule has 1 aromatic rings. The number of nitriles is 1. The number of aromatic nitrogens is 2. The summed E-state index contributed by atoms with van der Waals surface area (Å²) in [7, 11) is 0. The van der Waals surface area contributed by atoms with Crippen LogP contribution in [0, 0.1) is 11.3 Å². The number of carbonyl (C=O) groups is 1. The van der Waals surface area contributed by atoms with Gasteiger partial charge < -0.3 is 5.32 Å². The Labute approximate surface area is 105 Å². The third-order valence-corrected chi connectivity index (χ3v) is 3.02. The zero-order chi connectivity index (χ0) is 12.5. The Morgan fingerprint density at radius 3 is 3.06 bits per heavy atom. The van der Waals surface area contributed by atoms with Crippen LogP contribution >= 0.6 is 11.5 Å². The zero-order valence-electron chi connectivity index (χ0n) is 9.90. The smallest absolute Gasteiger partial charge is 0.264 e. The molecule has 0 atom stereocenters. The molecule has 0 fully saturated rings. The highest BCUT2D eigenvalue weighted by molar-refractivity contribution is 7.08. The van der Waals surface area contributed by atoms with Crippen LogP contribution in [0.5, 0.6) is 0 Å². The molecule has 17 heavy (non-hydrogen) atoms. The van der Waals surface area contributed by atoms with E-state index in [9.17, 15) is 4.79 Å². The minimum atomic E-state index is -0.0968. The first-order chi connectivity index (χ1) is 8.29. The normalized spacial score (nSPS) is 9.88. The molecule has 0 unspecified atom stereocenters. The van der Waals surface area contributed by atoms with E-state index in [0.717, 1.165) is 42.9 Å². The average molecular weight is 252 g/mol. The monoisotopic (exact) mass is 252 g/mol. The largest absolute Gasteiger partial charge is 0.351 e. The lowest BCUT2D eigenvalue weighted by molar-refractivity contribution is 0.0956. The predicted molar refractivity (Wildman–Crippen MR) is 65.7 cm³/mol. The molecule has 0 spiro atoms. The first kappa shape index (κ1) is 13.6. The van der Waals surface area contributed by atoms with Gasteiger partial charge in [-0.3, -0.25) is 4.79 Å². The van der Waals surface area contributed by atoms with Gasteiger partial charge in [0.1, 0.15) is 4.88 Å². The highest BCUT2D eigenvalue weighted by atomic mass is 32.1. The molecular formula is C11H16N4OS. The molecular weight excluding hydrogens is 236 g/mol. The van der Waals surface area contributed by atoms with Gasteiger partial charge in [0, 0.05) is 13.0 Å². The quantitative estimate of drug-likeness (QED) is 0.752. The van der Waals surface area contributed by atoms with Gasteiger partial charge >= 0.3 is 0 Å². The summed E-state index contributed by atoms with van der Waals surface area (Å²) in [5, 5.41) is 15.1. The molecule has 0 aliphatic rings. The average Bonchev–Trinajstić information content (AvgIpc) is 2.77. The van der Waals surface area contributed by atoms with E-state index in [2.05, 4.69) is 21.0 Å². The molecule has 5 nitrogen and oxygen atoms in total. The Morgan fingerprint density at radius 2 is 2.35 bits per heavy atom. The third kappa shape index (κ3) is 4.49. The number of hydrogen-bond acceptors (Lipinski definition) is 5. The van der Waals surface area contributed by atoms with Crippen LogP contribution in [0.4, 0.5) is 0 Å². The van der Waals surface area contributed by atoms with Crippen LogP contribution in [-0.4, -0.2) is 22.0 Å². The van der Waals surface area contributed by atoms with Crippen molar-refractivity contribution in [3.05, 3.63) is 10.6 Å². The molecule has 0 saturated heterocycles. The number of amides is 1. The van der Waals surface area contributed by atoms with Crippen LogP contribution in [0.1, 0.15) is 48.0 Å². The Morgan fingerprint density at radius 1 is 1.53 bits per heavy atom. The van der Waals surface area contributed by atoms with Crippen LogP contribution in [0.25, 0.3) is 0 Å². The van der Waals surface area contributed by atoms with Crippen molar-refractivity contribution in [1.29, 1.82) is 5.26 Å². The van der Waals surface area contributed by atoms with Crippen LogP contribution in [0.2, 0.25) is 0 Å². The van der Waals surface area contributed by atoms with E-state index in [1.807, 2.05) is 6.92 Å². The Hall–Kier alpha value is -1.48. The lowest BCUT2D eigenvalue weighted by atomic mass is 10.2.